The summed E-state index contributed by atoms with van der Waals surface area (Å²) in [4.78, 5) is 0. The van der Waals surface area contributed by atoms with Crippen molar-refractivity contribution in [2.75, 3.05) is 13.2 Å². The minimum absolute atomic E-state index is 0.881. The molecule has 0 saturated carbocycles. The molecule has 0 amide bonds. The van der Waals surface area contributed by atoms with Gasteiger partial charge in [0.25, 0.3) is 0 Å². The molecule has 0 saturated heterocycles. The zero-order valence-corrected chi connectivity index (χ0v) is 23.5. The molecule has 0 N–H and O–H groups in total. The van der Waals surface area contributed by atoms with E-state index in [4.69, 9.17) is 4.74 Å². The number of aromatic nitrogens is 1. The molecule has 0 radical (unpaired) electrons. The third-order valence-corrected chi connectivity index (χ3v) is 8.57. The Morgan fingerprint density at radius 1 is 0.475 bits per heavy atom. The molecule has 0 aliphatic carbocycles. The van der Waals surface area contributed by atoms with Crippen molar-refractivity contribution < 1.29 is 4.74 Å². The molecule has 0 fully saturated rings. The summed E-state index contributed by atoms with van der Waals surface area (Å²) in [5, 5.41) is 13.1. The van der Waals surface area contributed by atoms with Gasteiger partial charge in [0, 0.05) is 41.6 Å². The van der Waals surface area contributed by atoms with Gasteiger partial charge in [-0.05, 0) is 117 Å². The van der Waals surface area contributed by atoms with Crippen LogP contribution in [0.2, 0.25) is 0 Å². The Morgan fingerprint density at radius 2 is 0.925 bits per heavy atom. The molecule has 1 aromatic heterocycles. The number of hydrogen-bond acceptors (Lipinski definition) is 1. The van der Waals surface area contributed by atoms with Gasteiger partial charge in [-0.3, -0.25) is 0 Å². The number of nitrogens with zero attached hydrogens (tertiary/aromatic N) is 1. The number of hydrogen-bond donors (Lipinski definition) is 0. The zero-order valence-electron chi connectivity index (χ0n) is 23.5. The maximum absolute atomic E-state index is 5.87. The van der Waals surface area contributed by atoms with Crippen molar-refractivity contribution in [1.29, 1.82) is 0 Å². The van der Waals surface area contributed by atoms with Gasteiger partial charge in [-0.1, -0.05) is 68.3 Å². The molecule has 0 bridgehead atoms. The predicted molar refractivity (Wildman–Crippen MR) is 174 cm³/mol. The van der Waals surface area contributed by atoms with Crippen molar-refractivity contribution in [2.24, 2.45) is 0 Å². The summed E-state index contributed by atoms with van der Waals surface area (Å²) in [7, 11) is 0. The topological polar surface area (TPSA) is 14.2 Å². The normalized spacial score (nSPS) is 12.1. The monoisotopic (exact) mass is 523 g/mol. The highest BCUT2D eigenvalue weighted by molar-refractivity contribution is 6.17. The Hall–Kier alpha value is -3.88. The average Bonchev–Trinajstić information content (AvgIpc) is 3.26. The highest BCUT2D eigenvalue weighted by Gasteiger charge is 2.14. The van der Waals surface area contributed by atoms with E-state index in [1.807, 2.05) is 0 Å². The number of unbranched alkanes of at least 4 members (excludes halogenated alkanes) is 4. The van der Waals surface area contributed by atoms with E-state index in [0.29, 0.717) is 0 Å². The van der Waals surface area contributed by atoms with Crippen molar-refractivity contribution in [3.63, 3.8) is 0 Å². The maximum atomic E-state index is 5.87. The number of fused-ring (bicyclic) bond motifs is 7. The number of benzene rings is 6. The molecule has 0 unspecified atom stereocenters. The van der Waals surface area contributed by atoms with E-state index >= 15 is 0 Å². The largest absolute Gasteiger partial charge is 0.381 e. The van der Waals surface area contributed by atoms with E-state index in [0.717, 1.165) is 32.6 Å². The lowest BCUT2D eigenvalue weighted by atomic mass is 9.99. The SMILES string of the molecule is CCCCCOCCCCCn1c2cc3cc4ccccc4cc3cc2c2cc3cc4ccccc4cc3cc21. The summed E-state index contributed by atoms with van der Waals surface area (Å²) < 4.78 is 8.45. The molecule has 7 aromatic rings. The van der Waals surface area contributed by atoms with Crippen LogP contribution in [-0.2, 0) is 11.3 Å². The molecule has 6 aromatic carbocycles. The summed E-state index contributed by atoms with van der Waals surface area (Å²) in [6.07, 6.45) is 7.17. The Morgan fingerprint density at radius 3 is 1.40 bits per heavy atom. The summed E-state index contributed by atoms with van der Waals surface area (Å²) in [6, 6.07) is 36.5. The van der Waals surface area contributed by atoms with Crippen LogP contribution in [0.15, 0.2) is 97.1 Å². The standard InChI is InChI=1S/C38H37NO/c1-2-3-10-17-40-18-11-4-9-16-39-37-25-33-21-29-14-7-5-12-27(29)19-31(33)23-35(37)36-24-32-20-28-13-6-8-15-30(28)22-34(32)26-38(36)39/h5-8,12-15,19-26H,2-4,9-11,16-18H2,1H3. The summed E-state index contributed by atoms with van der Waals surface area (Å²) in [6.45, 7) is 5.05. The van der Waals surface area contributed by atoms with Crippen LogP contribution in [0.25, 0.3) is 64.9 Å². The van der Waals surface area contributed by atoms with Crippen LogP contribution in [0.1, 0.15) is 45.4 Å². The fraction of sp³-hybridized carbons (Fsp3) is 0.263. The van der Waals surface area contributed by atoms with Crippen molar-refractivity contribution in [2.45, 2.75) is 52.0 Å². The van der Waals surface area contributed by atoms with Gasteiger partial charge in [0.1, 0.15) is 0 Å². The molecule has 0 aliphatic heterocycles. The second-order valence-electron chi connectivity index (χ2n) is 11.4. The van der Waals surface area contributed by atoms with Gasteiger partial charge in [-0.2, -0.15) is 0 Å². The smallest absolute Gasteiger partial charge is 0.0497 e. The molecule has 200 valence electrons. The Bertz CT molecular complexity index is 1850. The van der Waals surface area contributed by atoms with Gasteiger partial charge in [-0.25, -0.2) is 0 Å². The van der Waals surface area contributed by atoms with Crippen LogP contribution >= 0.6 is 0 Å². The van der Waals surface area contributed by atoms with Crippen molar-refractivity contribution >= 4 is 64.9 Å². The molecule has 2 nitrogen and oxygen atoms in total. The highest BCUT2D eigenvalue weighted by Crippen LogP contribution is 2.37. The molecule has 7 rings (SSSR count). The lowest BCUT2D eigenvalue weighted by Crippen LogP contribution is -2.00. The Kier molecular flexibility index (Phi) is 6.87. The first-order valence-electron chi connectivity index (χ1n) is 15.1. The van der Waals surface area contributed by atoms with Gasteiger partial charge in [0.15, 0.2) is 0 Å². The number of aryl methyl sites for hydroxylation is 1. The summed E-state index contributed by atoms with van der Waals surface area (Å²) in [5.41, 5.74) is 2.68. The van der Waals surface area contributed by atoms with Gasteiger partial charge in [0.05, 0.1) is 0 Å². The third-order valence-electron chi connectivity index (χ3n) is 8.57. The Balaban J connectivity index is 1.30. The third kappa shape index (κ3) is 4.71. The van der Waals surface area contributed by atoms with Crippen LogP contribution in [0.4, 0.5) is 0 Å². The first-order chi connectivity index (χ1) is 19.8. The summed E-state index contributed by atoms with van der Waals surface area (Å²) in [5.74, 6) is 0. The molecular formula is C38H37NO. The molecule has 2 heteroatoms. The summed E-state index contributed by atoms with van der Waals surface area (Å²) >= 11 is 0. The van der Waals surface area contributed by atoms with Crippen LogP contribution < -0.4 is 0 Å². The van der Waals surface area contributed by atoms with E-state index in [1.54, 1.807) is 0 Å². The van der Waals surface area contributed by atoms with Crippen LogP contribution in [0.3, 0.4) is 0 Å². The minimum Gasteiger partial charge on any atom is -0.381 e. The lowest BCUT2D eigenvalue weighted by molar-refractivity contribution is 0.126. The zero-order chi connectivity index (χ0) is 26.9. The second kappa shape index (κ2) is 10.9. The van der Waals surface area contributed by atoms with E-state index in [-0.39, 0.29) is 0 Å². The molecular weight excluding hydrogens is 486 g/mol. The minimum atomic E-state index is 0.881. The number of rotatable bonds is 10. The van der Waals surface area contributed by atoms with Crippen molar-refractivity contribution in [1.82, 2.24) is 4.57 Å². The highest BCUT2D eigenvalue weighted by atomic mass is 16.5. The van der Waals surface area contributed by atoms with E-state index in [2.05, 4.69) is 109 Å². The second-order valence-corrected chi connectivity index (χ2v) is 11.4. The van der Waals surface area contributed by atoms with Gasteiger partial charge in [0.2, 0.25) is 0 Å². The first kappa shape index (κ1) is 25.1. The van der Waals surface area contributed by atoms with Gasteiger partial charge < -0.3 is 9.30 Å². The van der Waals surface area contributed by atoms with Crippen LogP contribution in [-0.4, -0.2) is 17.8 Å². The fourth-order valence-corrected chi connectivity index (χ4v) is 6.42. The van der Waals surface area contributed by atoms with Crippen molar-refractivity contribution in [3.05, 3.63) is 97.1 Å². The molecule has 0 aliphatic rings. The lowest BCUT2D eigenvalue weighted by Gasteiger charge is -2.10. The maximum Gasteiger partial charge on any atom is 0.0497 e. The van der Waals surface area contributed by atoms with E-state index in [1.165, 1.54) is 90.6 Å². The first-order valence-corrected chi connectivity index (χ1v) is 15.1. The molecule has 1 heterocycles. The fourth-order valence-electron chi connectivity index (χ4n) is 6.42. The predicted octanol–water partition coefficient (Wildman–Crippen LogP) is 10.8. The number of ether oxygens (including phenoxy) is 1. The van der Waals surface area contributed by atoms with E-state index < -0.39 is 0 Å². The van der Waals surface area contributed by atoms with Gasteiger partial charge in [-0.15, -0.1) is 0 Å². The average molecular weight is 524 g/mol. The molecule has 40 heavy (non-hydrogen) atoms. The van der Waals surface area contributed by atoms with Crippen molar-refractivity contribution in [3.8, 4) is 0 Å². The van der Waals surface area contributed by atoms with Crippen LogP contribution in [0.5, 0.6) is 0 Å². The molecule has 0 spiro atoms. The quantitative estimate of drug-likeness (QED) is 0.128. The Labute approximate surface area is 236 Å². The molecule has 0 atom stereocenters. The van der Waals surface area contributed by atoms with Gasteiger partial charge >= 0.3 is 0 Å². The van der Waals surface area contributed by atoms with E-state index in [9.17, 15) is 0 Å². The van der Waals surface area contributed by atoms with Crippen LogP contribution in [0, 0.1) is 0 Å².